The first-order valence-corrected chi connectivity index (χ1v) is 6.81. The first-order valence-electron chi connectivity index (χ1n) is 6.81. The van der Waals surface area contributed by atoms with Crippen LogP contribution in [0.5, 0.6) is 5.75 Å². The number of rotatable bonds is 7. The van der Waals surface area contributed by atoms with E-state index < -0.39 is 0 Å². The molecule has 1 heteroatoms. The van der Waals surface area contributed by atoms with Gasteiger partial charge in [0.25, 0.3) is 0 Å². The van der Waals surface area contributed by atoms with Gasteiger partial charge in [0, 0.05) is 0 Å². The predicted molar refractivity (Wildman–Crippen MR) is 77.9 cm³/mol. The molecule has 0 N–H and O–H groups in total. The molecule has 0 saturated heterocycles. The molecule has 2 aromatic carbocycles. The molecule has 0 atom stereocenters. The average molecular weight is 241 g/mol. The Morgan fingerprint density at radius 1 is 0.833 bits per heavy atom. The van der Waals surface area contributed by atoms with E-state index >= 15 is 0 Å². The van der Waals surface area contributed by atoms with Gasteiger partial charge in [0.1, 0.15) is 5.75 Å². The van der Waals surface area contributed by atoms with E-state index in [1.165, 1.54) is 30.0 Å². The number of benzene rings is 2. The maximum Gasteiger partial charge on any atom is 0.119 e. The van der Waals surface area contributed by atoms with Gasteiger partial charge in [-0.2, -0.15) is 0 Å². The van der Waals surface area contributed by atoms with Gasteiger partial charge in [-0.15, -0.1) is 0 Å². The second-order valence-electron chi connectivity index (χ2n) is 4.63. The molecule has 1 radical (unpaired) electrons. The number of ether oxygens (including phenoxy) is 1. The molecule has 2 aromatic rings. The minimum absolute atomic E-state index is 0.815. The molecule has 0 aromatic heterocycles. The Morgan fingerprint density at radius 2 is 1.61 bits per heavy atom. The van der Waals surface area contributed by atoms with Gasteiger partial charge >= 0.3 is 0 Å². The molecule has 0 aliphatic heterocycles. The molecule has 18 heavy (non-hydrogen) atoms. The van der Waals surface area contributed by atoms with Gasteiger partial charge in [-0.3, -0.25) is 0 Å². The lowest BCUT2D eigenvalue weighted by molar-refractivity contribution is 0.305. The fourth-order valence-corrected chi connectivity index (χ4v) is 2.08. The van der Waals surface area contributed by atoms with Crippen LogP contribution < -0.4 is 4.74 Å². The number of unbranched alkanes of at least 4 members (excludes halogenated alkanes) is 4. The van der Waals surface area contributed by atoms with Crippen LogP contribution >= 0.6 is 0 Å². The summed E-state index contributed by atoms with van der Waals surface area (Å²) in [6, 6.07) is 14.7. The third-order valence-corrected chi connectivity index (χ3v) is 3.13. The SMILES string of the molecule is [CH2]CCCCCCOc1ccc2ccccc2c1. The average Bonchev–Trinajstić information content (AvgIpc) is 2.42. The Labute approximate surface area is 110 Å². The summed E-state index contributed by atoms with van der Waals surface area (Å²) in [5, 5.41) is 2.51. The van der Waals surface area contributed by atoms with Crippen molar-refractivity contribution in [3.63, 3.8) is 0 Å². The van der Waals surface area contributed by atoms with E-state index in [2.05, 4.69) is 49.4 Å². The van der Waals surface area contributed by atoms with Crippen LogP contribution in [0, 0.1) is 6.92 Å². The van der Waals surface area contributed by atoms with E-state index in [0.717, 1.165) is 25.2 Å². The zero-order valence-corrected chi connectivity index (χ0v) is 10.9. The molecule has 0 aliphatic rings. The lowest BCUT2D eigenvalue weighted by Gasteiger charge is -2.07. The van der Waals surface area contributed by atoms with Crippen LogP contribution in [0.15, 0.2) is 42.5 Å². The van der Waals surface area contributed by atoms with Gasteiger partial charge in [-0.05, 0) is 29.3 Å². The van der Waals surface area contributed by atoms with Crippen molar-refractivity contribution in [1.29, 1.82) is 0 Å². The van der Waals surface area contributed by atoms with Crippen LogP contribution in [-0.2, 0) is 0 Å². The number of hydrogen-bond acceptors (Lipinski definition) is 1. The van der Waals surface area contributed by atoms with Crippen molar-refractivity contribution in [2.45, 2.75) is 32.1 Å². The van der Waals surface area contributed by atoms with E-state index in [1.54, 1.807) is 0 Å². The van der Waals surface area contributed by atoms with Gasteiger partial charge in [0.2, 0.25) is 0 Å². The maximum atomic E-state index is 5.78. The molecule has 0 spiro atoms. The van der Waals surface area contributed by atoms with Crippen LogP contribution in [0.1, 0.15) is 32.1 Å². The zero-order valence-electron chi connectivity index (χ0n) is 10.9. The van der Waals surface area contributed by atoms with Crippen molar-refractivity contribution in [3.8, 4) is 5.75 Å². The minimum atomic E-state index is 0.815. The summed E-state index contributed by atoms with van der Waals surface area (Å²) >= 11 is 0. The summed E-state index contributed by atoms with van der Waals surface area (Å²) in [6.45, 7) is 4.66. The van der Waals surface area contributed by atoms with Gasteiger partial charge in [-0.1, -0.05) is 62.9 Å². The highest BCUT2D eigenvalue weighted by Gasteiger charge is 1.97. The first-order chi connectivity index (χ1) is 8.90. The molecular formula is C17H21O. The summed E-state index contributed by atoms with van der Waals surface area (Å²) in [6.07, 6.45) is 5.92. The van der Waals surface area contributed by atoms with Crippen molar-refractivity contribution < 1.29 is 4.74 Å². The van der Waals surface area contributed by atoms with Crippen LogP contribution in [0.25, 0.3) is 10.8 Å². The monoisotopic (exact) mass is 241 g/mol. The Balaban J connectivity index is 1.81. The van der Waals surface area contributed by atoms with Crippen LogP contribution in [0.3, 0.4) is 0 Å². The van der Waals surface area contributed by atoms with Gasteiger partial charge < -0.3 is 4.74 Å². The molecule has 0 amide bonds. The first kappa shape index (κ1) is 12.9. The third-order valence-electron chi connectivity index (χ3n) is 3.13. The largest absolute Gasteiger partial charge is 0.494 e. The van der Waals surface area contributed by atoms with Crippen molar-refractivity contribution >= 4 is 10.8 Å². The molecule has 95 valence electrons. The van der Waals surface area contributed by atoms with Gasteiger partial charge in [-0.25, -0.2) is 0 Å². The van der Waals surface area contributed by atoms with Crippen molar-refractivity contribution in [1.82, 2.24) is 0 Å². The number of fused-ring (bicyclic) bond motifs is 1. The van der Waals surface area contributed by atoms with E-state index in [-0.39, 0.29) is 0 Å². The van der Waals surface area contributed by atoms with Crippen molar-refractivity contribution in [2.75, 3.05) is 6.61 Å². The Morgan fingerprint density at radius 3 is 2.44 bits per heavy atom. The highest BCUT2D eigenvalue weighted by atomic mass is 16.5. The Bertz CT molecular complexity index is 476. The Hall–Kier alpha value is -1.50. The highest BCUT2D eigenvalue weighted by molar-refractivity contribution is 5.83. The fourth-order valence-electron chi connectivity index (χ4n) is 2.08. The lowest BCUT2D eigenvalue weighted by Crippen LogP contribution is -1.97. The van der Waals surface area contributed by atoms with Crippen molar-refractivity contribution in [3.05, 3.63) is 49.4 Å². The molecule has 0 unspecified atom stereocenters. The molecular weight excluding hydrogens is 220 g/mol. The Kier molecular flexibility index (Phi) is 5.07. The number of hydrogen-bond donors (Lipinski definition) is 0. The molecule has 0 bridgehead atoms. The minimum Gasteiger partial charge on any atom is -0.494 e. The van der Waals surface area contributed by atoms with Crippen LogP contribution in [0.2, 0.25) is 0 Å². The summed E-state index contributed by atoms with van der Waals surface area (Å²) in [5.74, 6) is 0.978. The molecule has 2 rings (SSSR count). The summed E-state index contributed by atoms with van der Waals surface area (Å²) in [7, 11) is 0. The van der Waals surface area contributed by atoms with E-state index in [0.29, 0.717) is 0 Å². The second-order valence-corrected chi connectivity index (χ2v) is 4.63. The fraction of sp³-hybridized carbons (Fsp3) is 0.353. The van der Waals surface area contributed by atoms with Gasteiger partial charge in [0.05, 0.1) is 6.61 Å². The summed E-state index contributed by atoms with van der Waals surface area (Å²) in [4.78, 5) is 0. The topological polar surface area (TPSA) is 9.23 Å². The molecule has 0 saturated carbocycles. The smallest absolute Gasteiger partial charge is 0.119 e. The molecule has 0 fully saturated rings. The van der Waals surface area contributed by atoms with Gasteiger partial charge in [0.15, 0.2) is 0 Å². The van der Waals surface area contributed by atoms with Crippen LogP contribution in [-0.4, -0.2) is 6.61 Å². The highest BCUT2D eigenvalue weighted by Crippen LogP contribution is 2.20. The maximum absolute atomic E-state index is 5.78. The second kappa shape index (κ2) is 7.05. The van der Waals surface area contributed by atoms with Crippen LogP contribution in [0.4, 0.5) is 0 Å². The molecule has 0 heterocycles. The third kappa shape index (κ3) is 3.76. The summed E-state index contributed by atoms with van der Waals surface area (Å²) < 4.78 is 5.78. The van der Waals surface area contributed by atoms with E-state index in [9.17, 15) is 0 Å². The van der Waals surface area contributed by atoms with E-state index in [4.69, 9.17) is 4.74 Å². The summed E-state index contributed by atoms with van der Waals surface area (Å²) in [5.41, 5.74) is 0. The standard InChI is InChI=1S/C17H21O/c1-2-3-4-5-8-13-18-17-12-11-15-9-6-7-10-16(15)14-17/h6-7,9-12,14H,1-5,8,13H2. The molecule has 1 nitrogen and oxygen atoms in total. The molecule has 0 aliphatic carbocycles. The zero-order chi connectivity index (χ0) is 12.6. The van der Waals surface area contributed by atoms with E-state index in [1.807, 2.05) is 0 Å². The van der Waals surface area contributed by atoms with Crippen molar-refractivity contribution in [2.24, 2.45) is 0 Å². The predicted octanol–water partition coefficient (Wildman–Crippen LogP) is 5.00. The normalized spacial score (nSPS) is 10.7. The lowest BCUT2D eigenvalue weighted by atomic mass is 10.1. The quantitative estimate of drug-likeness (QED) is 0.620.